The predicted molar refractivity (Wildman–Crippen MR) is 152 cm³/mol. The van der Waals surface area contributed by atoms with Crippen molar-refractivity contribution in [2.75, 3.05) is 33.5 Å². The molecule has 1 unspecified atom stereocenters. The van der Waals surface area contributed by atoms with E-state index in [1.165, 1.54) is 19.2 Å². The van der Waals surface area contributed by atoms with Crippen LogP contribution in [0.2, 0.25) is 0 Å². The van der Waals surface area contributed by atoms with Gasteiger partial charge in [-0.15, -0.1) is 0 Å². The largest absolute Gasteiger partial charge is 0.513 e. The normalized spacial score (nSPS) is 13.0. The number of hydrogen-bond donors (Lipinski definition) is 1. The van der Waals surface area contributed by atoms with E-state index in [0.29, 0.717) is 5.56 Å². The molecule has 0 amide bonds. The number of rotatable bonds is 14. The monoisotopic (exact) mass is 581 g/mol. The Morgan fingerprint density at radius 3 is 1.90 bits per heavy atom. The first-order chi connectivity index (χ1) is 19.0. The van der Waals surface area contributed by atoms with Crippen molar-refractivity contribution < 1.29 is 47.6 Å². The van der Waals surface area contributed by atoms with Gasteiger partial charge in [0.2, 0.25) is 0 Å². The number of hydrogen-bond acceptors (Lipinski definition) is 11. The summed E-state index contributed by atoms with van der Waals surface area (Å²) in [6, 6.07) is 3.72. The van der Waals surface area contributed by atoms with Crippen molar-refractivity contribution in [1.82, 2.24) is 5.32 Å². The zero-order valence-electron chi connectivity index (χ0n) is 25.9. The Bertz CT molecular complexity index is 1010. The summed E-state index contributed by atoms with van der Waals surface area (Å²) in [6.07, 6.45) is -0.195. The van der Waals surface area contributed by atoms with E-state index in [4.69, 9.17) is 28.4 Å². The van der Waals surface area contributed by atoms with E-state index >= 15 is 0 Å². The van der Waals surface area contributed by atoms with E-state index in [9.17, 15) is 19.2 Å². The minimum atomic E-state index is -0.980. The SMILES string of the molecule is CCCC(C)C(=O)OCCN[C@@H](Cc1ccc(OC(=O)OCC(C)(C)C)c(OC(=O)OCC(C)(C)C)c1)C(=O)OC. The third kappa shape index (κ3) is 15.3. The van der Waals surface area contributed by atoms with Crippen LogP contribution in [0.4, 0.5) is 9.59 Å². The molecular weight excluding hydrogens is 534 g/mol. The lowest BCUT2D eigenvalue weighted by Crippen LogP contribution is -2.41. The van der Waals surface area contributed by atoms with Gasteiger partial charge in [-0.3, -0.25) is 9.59 Å². The molecule has 0 bridgehead atoms. The molecule has 1 rings (SSSR count). The van der Waals surface area contributed by atoms with Crippen LogP contribution >= 0.6 is 0 Å². The average Bonchev–Trinajstić information content (AvgIpc) is 2.88. The number of methoxy groups -OCH3 is 1. The van der Waals surface area contributed by atoms with Crippen LogP contribution < -0.4 is 14.8 Å². The average molecular weight is 582 g/mol. The van der Waals surface area contributed by atoms with Crippen molar-refractivity contribution in [2.24, 2.45) is 16.7 Å². The lowest BCUT2D eigenvalue weighted by Gasteiger charge is -2.20. The zero-order chi connectivity index (χ0) is 31.2. The Hall–Kier alpha value is -3.34. The van der Waals surface area contributed by atoms with Gasteiger partial charge in [-0.1, -0.05) is 67.9 Å². The highest BCUT2D eigenvalue weighted by atomic mass is 16.7. The molecule has 11 heteroatoms. The Kier molecular flexibility index (Phi) is 14.6. The van der Waals surface area contributed by atoms with E-state index in [-0.39, 0.29) is 67.0 Å². The van der Waals surface area contributed by atoms with Gasteiger partial charge >= 0.3 is 24.2 Å². The highest BCUT2D eigenvalue weighted by Crippen LogP contribution is 2.30. The Morgan fingerprint density at radius 2 is 1.39 bits per heavy atom. The second kappa shape index (κ2) is 16.8. The molecular formula is C30H47NO10. The van der Waals surface area contributed by atoms with Crippen LogP contribution in [0, 0.1) is 16.7 Å². The Balaban J connectivity index is 3.03. The summed E-state index contributed by atoms with van der Waals surface area (Å²) in [5.74, 6) is -1.17. The summed E-state index contributed by atoms with van der Waals surface area (Å²) < 4.78 is 31.2. The molecule has 1 aromatic rings. The highest BCUT2D eigenvalue weighted by Gasteiger charge is 2.24. The molecule has 0 fully saturated rings. The first-order valence-electron chi connectivity index (χ1n) is 13.8. The Morgan fingerprint density at radius 1 is 0.829 bits per heavy atom. The summed E-state index contributed by atoms with van der Waals surface area (Å²) in [5.41, 5.74) is -0.00449. The summed E-state index contributed by atoms with van der Waals surface area (Å²) >= 11 is 0. The maximum atomic E-state index is 12.5. The molecule has 41 heavy (non-hydrogen) atoms. The fraction of sp³-hybridized carbons (Fsp3) is 0.667. The number of carbonyl (C=O) groups is 4. The minimum absolute atomic E-state index is 0.0592. The molecule has 11 nitrogen and oxygen atoms in total. The molecule has 0 spiro atoms. The molecule has 1 aromatic carbocycles. The molecule has 0 aliphatic carbocycles. The van der Waals surface area contributed by atoms with Crippen molar-refractivity contribution >= 4 is 24.2 Å². The second-order valence-electron chi connectivity index (χ2n) is 12.3. The lowest BCUT2D eigenvalue weighted by molar-refractivity contribution is -0.148. The minimum Gasteiger partial charge on any atom is -0.468 e. The number of carbonyl (C=O) groups excluding carboxylic acids is 4. The van der Waals surface area contributed by atoms with Crippen LogP contribution in [0.15, 0.2) is 18.2 Å². The first kappa shape index (κ1) is 35.7. The van der Waals surface area contributed by atoms with Crippen molar-refractivity contribution in [3.63, 3.8) is 0 Å². The van der Waals surface area contributed by atoms with Gasteiger partial charge in [0, 0.05) is 6.54 Å². The van der Waals surface area contributed by atoms with E-state index in [1.54, 1.807) is 6.07 Å². The van der Waals surface area contributed by atoms with Crippen LogP contribution in [-0.2, 0) is 35.0 Å². The smallest absolute Gasteiger partial charge is 0.468 e. The third-order valence-corrected chi connectivity index (χ3v) is 5.43. The van der Waals surface area contributed by atoms with Crippen LogP contribution in [0.5, 0.6) is 11.5 Å². The third-order valence-electron chi connectivity index (χ3n) is 5.43. The van der Waals surface area contributed by atoms with E-state index < -0.39 is 24.3 Å². The van der Waals surface area contributed by atoms with Gasteiger partial charge in [-0.2, -0.15) is 0 Å². The fourth-order valence-electron chi connectivity index (χ4n) is 3.33. The van der Waals surface area contributed by atoms with Crippen molar-refractivity contribution in [1.29, 1.82) is 0 Å². The number of nitrogens with one attached hydrogen (secondary N) is 1. The molecule has 0 aliphatic heterocycles. The predicted octanol–water partition coefficient (Wildman–Crippen LogP) is 5.46. The van der Waals surface area contributed by atoms with Crippen molar-refractivity contribution in [2.45, 2.75) is 80.7 Å². The first-order valence-corrected chi connectivity index (χ1v) is 13.8. The van der Waals surface area contributed by atoms with Crippen LogP contribution in [0.3, 0.4) is 0 Å². The second-order valence-corrected chi connectivity index (χ2v) is 12.3. The molecule has 0 heterocycles. The van der Waals surface area contributed by atoms with E-state index in [0.717, 1.165) is 12.8 Å². The summed E-state index contributed by atoms with van der Waals surface area (Å²) in [7, 11) is 1.27. The fourth-order valence-corrected chi connectivity index (χ4v) is 3.33. The zero-order valence-corrected chi connectivity index (χ0v) is 25.9. The van der Waals surface area contributed by atoms with Crippen molar-refractivity contribution in [3.05, 3.63) is 23.8 Å². The van der Waals surface area contributed by atoms with Gasteiger partial charge in [0.05, 0.1) is 26.2 Å². The molecule has 1 N–H and O–H groups in total. The van der Waals surface area contributed by atoms with Crippen LogP contribution in [-0.4, -0.2) is 63.8 Å². The van der Waals surface area contributed by atoms with Gasteiger partial charge in [-0.05, 0) is 41.4 Å². The van der Waals surface area contributed by atoms with Gasteiger partial charge in [0.1, 0.15) is 12.6 Å². The molecule has 0 saturated heterocycles. The topological polar surface area (TPSA) is 136 Å². The molecule has 0 aliphatic rings. The van der Waals surface area contributed by atoms with Crippen LogP contribution in [0.25, 0.3) is 0 Å². The van der Waals surface area contributed by atoms with Crippen LogP contribution in [0.1, 0.15) is 73.8 Å². The lowest BCUT2D eigenvalue weighted by atomic mass is 9.99. The maximum absolute atomic E-state index is 12.5. The number of benzene rings is 1. The number of ether oxygens (including phenoxy) is 6. The molecule has 232 valence electrons. The summed E-state index contributed by atoms with van der Waals surface area (Å²) in [4.78, 5) is 49.2. The quantitative estimate of drug-likeness (QED) is 0.130. The van der Waals surface area contributed by atoms with E-state index in [1.807, 2.05) is 55.4 Å². The van der Waals surface area contributed by atoms with Gasteiger partial charge in [0.15, 0.2) is 11.5 Å². The molecule has 0 saturated carbocycles. The standard InChI is InChI=1S/C30H47NO10/c1-10-11-20(2)25(32)37-15-14-31-22(26(33)36-9)16-21-12-13-23(40-27(34)38-18-29(3,4)5)24(17-21)41-28(35)39-19-30(6,7)8/h12-13,17,20,22,31H,10-11,14-16,18-19H2,1-9H3/t20?,22-/m0/s1. The molecule has 0 radical (unpaired) electrons. The molecule has 2 atom stereocenters. The van der Waals surface area contributed by atoms with E-state index in [2.05, 4.69) is 5.32 Å². The van der Waals surface area contributed by atoms with Gasteiger partial charge < -0.3 is 33.7 Å². The summed E-state index contributed by atoms with van der Waals surface area (Å²) in [5, 5.41) is 3.03. The highest BCUT2D eigenvalue weighted by molar-refractivity contribution is 5.76. The van der Waals surface area contributed by atoms with Gasteiger partial charge in [-0.25, -0.2) is 9.59 Å². The molecule has 0 aromatic heterocycles. The van der Waals surface area contributed by atoms with Gasteiger partial charge in [0.25, 0.3) is 0 Å². The Labute approximate surface area is 243 Å². The van der Waals surface area contributed by atoms with Crippen molar-refractivity contribution in [3.8, 4) is 11.5 Å². The number of esters is 2. The maximum Gasteiger partial charge on any atom is 0.513 e. The summed E-state index contributed by atoms with van der Waals surface area (Å²) in [6.45, 7) is 15.7.